The average Bonchev–Trinajstić information content (AvgIpc) is 2.41. The zero-order valence-corrected chi connectivity index (χ0v) is 11.5. The van der Waals surface area contributed by atoms with Crippen LogP contribution in [0.5, 0.6) is 0 Å². The van der Waals surface area contributed by atoms with Crippen molar-refractivity contribution in [3.8, 4) is 0 Å². The van der Waals surface area contributed by atoms with Crippen molar-refractivity contribution in [2.75, 3.05) is 33.2 Å². The van der Waals surface area contributed by atoms with Crippen molar-refractivity contribution in [3.05, 3.63) is 34.3 Å². The summed E-state index contributed by atoms with van der Waals surface area (Å²) in [6.07, 6.45) is 0. The Labute approximate surface area is 106 Å². The molecule has 1 unspecified atom stereocenters. The van der Waals surface area contributed by atoms with E-state index in [1.54, 1.807) is 0 Å². The minimum atomic E-state index is 0.186. The maximum Gasteiger partial charge on any atom is 0.0213 e. The first kappa shape index (κ1) is 12.1. The number of hydrogen-bond donors (Lipinski definition) is 1. The van der Waals surface area contributed by atoms with E-state index in [2.05, 4.69) is 64.4 Å². The molecule has 2 rings (SSSR count). The number of halogens is 1. The van der Waals surface area contributed by atoms with Gasteiger partial charge in [0.2, 0.25) is 0 Å². The first-order valence-electron chi connectivity index (χ1n) is 5.76. The summed E-state index contributed by atoms with van der Waals surface area (Å²) in [5, 5.41) is 3.53. The Kier molecular flexibility index (Phi) is 3.67. The van der Waals surface area contributed by atoms with Gasteiger partial charge in [-0.1, -0.05) is 41.1 Å². The summed E-state index contributed by atoms with van der Waals surface area (Å²) < 4.78 is 1.22. The van der Waals surface area contributed by atoms with Crippen molar-refractivity contribution in [3.63, 3.8) is 0 Å². The number of benzene rings is 1. The summed E-state index contributed by atoms with van der Waals surface area (Å²) in [4.78, 5) is 2.40. The van der Waals surface area contributed by atoms with Crippen molar-refractivity contribution in [1.82, 2.24) is 10.2 Å². The smallest absolute Gasteiger partial charge is 0.0213 e. The molecule has 16 heavy (non-hydrogen) atoms. The quantitative estimate of drug-likeness (QED) is 0.850. The van der Waals surface area contributed by atoms with E-state index in [4.69, 9.17) is 0 Å². The molecule has 1 aliphatic rings. The maximum absolute atomic E-state index is 3.67. The van der Waals surface area contributed by atoms with Crippen LogP contribution in [-0.4, -0.2) is 38.1 Å². The lowest BCUT2D eigenvalue weighted by Crippen LogP contribution is -2.40. The molecule has 0 amide bonds. The molecule has 0 aliphatic carbocycles. The molecule has 0 spiro atoms. The predicted molar refractivity (Wildman–Crippen MR) is 71.9 cm³/mol. The van der Waals surface area contributed by atoms with E-state index in [1.807, 2.05) is 0 Å². The Morgan fingerprint density at radius 3 is 2.88 bits per heavy atom. The van der Waals surface area contributed by atoms with Crippen LogP contribution in [0.25, 0.3) is 0 Å². The van der Waals surface area contributed by atoms with E-state index in [0.717, 1.165) is 26.2 Å². The molecule has 1 aromatic rings. The highest BCUT2D eigenvalue weighted by Gasteiger charge is 2.31. The number of likely N-dealkylation sites (N-methyl/N-ethyl adjacent to an activating group) is 1. The normalized spacial score (nSPS) is 27.7. The van der Waals surface area contributed by atoms with Gasteiger partial charge in [0.05, 0.1) is 0 Å². The van der Waals surface area contributed by atoms with Gasteiger partial charge >= 0.3 is 0 Å². The zero-order chi connectivity index (χ0) is 11.6. The summed E-state index contributed by atoms with van der Waals surface area (Å²) >= 11 is 3.67. The molecule has 88 valence electrons. The van der Waals surface area contributed by atoms with Gasteiger partial charge in [0.1, 0.15) is 0 Å². The highest BCUT2D eigenvalue weighted by Crippen LogP contribution is 2.31. The van der Waals surface area contributed by atoms with Gasteiger partial charge in [-0.25, -0.2) is 0 Å². The molecule has 1 N–H and O–H groups in total. The van der Waals surface area contributed by atoms with Crippen LogP contribution in [0.2, 0.25) is 0 Å². The van der Waals surface area contributed by atoms with Gasteiger partial charge in [-0.05, 0) is 18.7 Å². The van der Waals surface area contributed by atoms with Gasteiger partial charge < -0.3 is 10.2 Å². The lowest BCUT2D eigenvalue weighted by atomic mass is 9.82. The second-order valence-electron chi connectivity index (χ2n) is 4.96. The highest BCUT2D eigenvalue weighted by molar-refractivity contribution is 9.10. The average molecular weight is 283 g/mol. The van der Waals surface area contributed by atoms with E-state index in [1.165, 1.54) is 10.0 Å². The fraction of sp³-hybridized carbons (Fsp3) is 0.538. The van der Waals surface area contributed by atoms with Crippen LogP contribution < -0.4 is 5.32 Å². The Hall–Kier alpha value is -0.380. The first-order chi connectivity index (χ1) is 7.62. The third-order valence-electron chi connectivity index (χ3n) is 3.33. The summed E-state index contributed by atoms with van der Waals surface area (Å²) in [5.74, 6) is 0. The topological polar surface area (TPSA) is 15.3 Å². The van der Waals surface area contributed by atoms with Crippen molar-refractivity contribution in [2.24, 2.45) is 0 Å². The summed E-state index contributed by atoms with van der Waals surface area (Å²) in [7, 11) is 2.20. The van der Waals surface area contributed by atoms with Gasteiger partial charge in [-0.2, -0.15) is 0 Å². The minimum Gasteiger partial charge on any atom is -0.315 e. The second kappa shape index (κ2) is 4.86. The minimum absolute atomic E-state index is 0.186. The van der Waals surface area contributed by atoms with Crippen molar-refractivity contribution in [2.45, 2.75) is 12.3 Å². The largest absolute Gasteiger partial charge is 0.315 e. The van der Waals surface area contributed by atoms with Crippen LogP contribution in [0.3, 0.4) is 0 Å². The predicted octanol–water partition coefficient (Wildman–Crippen LogP) is 2.24. The molecule has 1 fully saturated rings. The third-order valence-corrected chi connectivity index (χ3v) is 4.02. The third kappa shape index (κ3) is 2.47. The molecule has 1 heterocycles. The van der Waals surface area contributed by atoms with Crippen LogP contribution >= 0.6 is 15.9 Å². The molecule has 0 radical (unpaired) electrons. The number of hydrogen-bond acceptors (Lipinski definition) is 2. The van der Waals surface area contributed by atoms with Crippen molar-refractivity contribution >= 4 is 15.9 Å². The maximum atomic E-state index is 3.67. The summed E-state index contributed by atoms with van der Waals surface area (Å²) in [5.41, 5.74) is 1.59. The first-order valence-corrected chi connectivity index (χ1v) is 6.55. The van der Waals surface area contributed by atoms with E-state index in [9.17, 15) is 0 Å². The van der Waals surface area contributed by atoms with E-state index in [0.29, 0.717) is 0 Å². The molecular weight excluding hydrogens is 264 g/mol. The highest BCUT2D eigenvalue weighted by atomic mass is 79.9. The van der Waals surface area contributed by atoms with E-state index >= 15 is 0 Å². The van der Waals surface area contributed by atoms with E-state index in [-0.39, 0.29) is 5.41 Å². The Morgan fingerprint density at radius 1 is 1.38 bits per heavy atom. The van der Waals surface area contributed by atoms with Crippen LogP contribution in [0.1, 0.15) is 12.5 Å². The number of nitrogens with one attached hydrogen (secondary N) is 1. The SMILES string of the molecule is CN1CCNCC(C)(c2ccccc2Br)C1. The van der Waals surface area contributed by atoms with E-state index < -0.39 is 0 Å². The van der Waals surface area contributed by atoms with Crippen LogP contribution in [0.4, 0.5) is 0 Å². The monoisotopic (exact) mass is 282 g/mol. The number of nitrogens with zero attached hydrogens (tertiary/aromatic N) is 1. The summed E-state index contributed by atoms with van der Waals surface area (Å²) in [6.45, 7) is 6.68. The molecule has 0 aromatic heterocycles. The molecule has 1 atom stereocenters. The fourth-order valence-corrected chi connectivity index (χ4v) is 3.26. The molecule has 1 aromatic carbocycles. The van der Waals surface area contributed by atoms with Crippen LogP contribution in [0, 0.1) is 0 Å². The van der Waals surface area contributed by atoms with Gasteiger partial charge in [0.15, 0.2) is 0 Å². The van der Waals surface area contributed by atoms with Gasteiger partial charge in [0.25, 0.3) is 0 Å². The molecule has 1 aliphatic heterocycles. The van der Waals surface area contributed by atoms with Crippen LogP contribution in [-0.2, 0) is 5.41 Å². The zero-order valence-electron chi connectivity index (χ0n) is 9.96. The van der Waals surface area contributed by atoms with Crippen molar-refractivity contribution < 1.29 is 0 Å². The fourth-order valence-electron chi connectivity index (χ4n) is 2.50. The summed E-state index contributed by atoms with van der Waals surface area (Å²) in [6, 6.07) is 8.55. The molecule has 0 bridgehead atoms. The van der Waals surface area contributed by atoms with Gasteiger partial charge in [0, 0.05) is 36.1 Å². The second-order valence-corrected chi connectivity index (χ2v) is 5.81. The Balaban J connectivity index is 2.32. The van der Waals surface area contributed by atoms with Crippen LogP contribution in [0.15, 0.2) is 28.7 Å². The lowest BCUT2D eigenvalue weighted by molar-refractivity contribution is 0.289. The Morgan fingerprint density at radius 2 is 2.12 bits per heavy atom. The molecular formula is C13H19BrN2. The molecule has 2 nitrogen and oxygen atoms in total. The molecule has 0 saturated carbocycles. The van der Waals surface area contributed by atoms with Crippen molar-refractivity contribution in [1.29, 1.82) is 0 Å². The van der Waals surface area contributed by atoms with Gasteiger partial charge in [-0.15, -0.1) is 0 Å². The lowest BCUT2D eigenvalue weighted by Gasteiger charge is -2.32. The van der Waals surface area contributed by atoms with Gasteiger partial charge in [-0.3, -0.25) is 0 Å². The standard InChI is InChI=1S/C13H19BrN2/c1-13(9-15-7-8-16(2)10-13)11-5-3-4-6-12(11)14/h3-6,15H,7-10H2,1-2H3. The number of rotatable bonds is 1. The molecule has 1 saturated heterocycles. The molecule has 3 heteroatoms. The Bertz CT molecular complexity index is 367.